The molecule has 0 aromatic heterocycles. The Kier molecular flexibility index (Phi) is 8.08. The summed E-state index contributed by atoms with van der Waals surface area (Å²) in [6, 6.07) is 0. The molecule has 0 rings (SSSR count). The van der Waals surface area contributed by atoms with Crippen LogP contribution in [0.15, 0.2) is 0 Å². The van der Waals surface area contributed by atoms with Crippen molar-refractivity contribution in [2.75, 3.05) is 14.2 Å². The van der Waals surface area contributed by atoms with E-state index in [0.29, 0.717) is 5.66 Å². The average Bonchev–Trinajstić information content (AvgIpc) is 1.86. The van der Waals surface area contributed by atoms with E-state index in [1.54, 1.807) is 13.8 Å². The van der Waals surface area contributed by atoms with E-state index in [4.69, 9.17) is 0 Å². The fourth-order valence-electron chi connectivity index (χ4n) is 0.440. The normalized spacial score (nSPS) is 11.3. The molecule has 0 heterocycles. The van der Waals surface area contributed by atoms with Crippen LogP contribution in [0.3, 0.4) is 0 Å². The van der Waals surface area contributed by atoms with Gasteiger partial charge in [0.15, 0.2) is 7.60 Å². The van der Waals surface area contributed by atoms with Gasteiger partial charge < -0.3 is 9.05 Å². The number of rotatable bonds is 3. The molecule has 3 nitrogen and oxygen atoms in total. The number of hydrogen-bond donors (Lipinski definition) is 0. The van der Waals surface area contributed by atoms with Gasteiger partial charge in [-0.1, -0.05) is 0 Å². The van der Waals surface area contributed by atoms with Crippen LogP contribution in [0.1, 0.15) is 13.8 Å². The molecule has 0 aromatic rings. The van der Waals surface area contributed by atoms with E-state index in [9.17, 15) is 4.57 Å². The molecule has 0 aromatic carbocycles. The van der Waals surface area contributed by atoms with Gasteiger partial charge in [0.1, 0.15) is 0 Å². The summed E-state index contributed by atoms with van der Waals surface area (Å²) in [7, 11) is -0.0918. The van der Waals surface area contributed by atoms with Crippen molar-refractivity contribution in [1.29, 1.82) is 0 Å². The molecule has 0 bridgehead atoms. The zero-order valence-electron chi connectivity index (χ0n) is 6.75. The van der Waals surface area contributed by atoms with Crippen molar-refractivity contribution in [3.63, 3.8) is 0 Å². The Balaban J connectivity index is 0. The number of hydrogen-bond acceptors (Lipinski definition) is 3. The molecule has 59 valence electrons. The fourth-order valence-corrected chi connectivity index (χ4v) is 1.32. The van der Waals surface area contributed by atoms with Crippen LogP contribution in [0.2, 0.25) is 0 Å². The third-order valence-corrected chi connectivity index (χ3v) is 3.09. The smallest absolute Gasteiger partial charge is 0.189 e. The monoisotopic (exact) mass is 240 g/mol. The summed E-state index contributed by atoms with van der Waals surface area (Å²) in [6.07, 6.45) is 0. The Morgan fingerprint density at radius 3 is 1.50 bits per heavy atom. The van der Waals surface area contributed by atoms with Gasteiger partial charge in [-0.05, 0) is 0 Å². The summed E-state index contributed by atoms with van der Waals surface area (Å²) < 4.78 is 20.5. The van der Waals surface area contributed by atoms with Gasteiger partial charge in [0, 0.05) is 46.9 Å². The van der Waals surface area contributed by atoms with Crippen LogP contribution < -0.4 is 0 Å². The fraction of sp³-hybridized carbons (Fsp3) is 0.800. The minimum atomic E-state index is -2.84. The summed E-state index contributed by atoms with van der Waals surface area (Å²) >= 11 is 0. The molecule has 0 aliphatic rings. The first-order valence-electron chi connectivity index (χ1n) is 2.59. The molecule has 0 spiro atoms. The topological polar surface area (TPSA) is 35.5 Å². The molecule has 0 aliphatic heterocycles. The van der Waals surface area contributed by atoms with Crippen LogP contribution in [-0.4, -0.2) is 14.2 Å². The molecular formula is C5H12O3PY-. The molecule has 0 saturated carbocycles. The van der Waals surface area contributed by atoms with Crippen molar-refractivity contribution in [2.45, 2.75) is 13.8 Å². The van der Waals surface area contributed by atoms with Gasteiger partial charge in [-0.25, -0.2) is 5.66 Å². The van der Waals surface area contributed by atoms with Gasteiger partial charge in [0.25, 0.3) is 0 Å². The second-order valence-electron chi connectivity index (χ2n) is 1.81. The largest absolute Gasteiger partial charge is 0.334 e. The van der Waals surface area contributed by atoms with E-state index in [1.807, 2.05) is 0 Å². The third kappa shape index (κ3) is 3.59. The van der Waals surface area contributed by atoms with Crippen molar-refractivity contribution in [2.24, 2.45) is 0 Å². The van der Waals surface area contributed by atoms with Gasteiger partial charge in [-0.3, -0.25) is 4.57 Å². The second kappa shape index (κ2) is 5.85. The molecule has 0 aliphatic carbocycles. The van der Waals surface area contributed by atoms with Crippen molar-refractivity contribution in [3.05, 3.63) is 5.66 Å². The molecule has 0 fully saturated rings. The summed E-state index contributed by atoms with van der Waals surface area (Å²) in [5.74, 6) is 0. The van der Waals surface area contributed by atoms with Crippen molar-refractivity contribution in [1.82, 2.24) is 0 Å². The Morgan fingerprint density at radius 1 is 1.20 bits per heavy atom. The van der Waals surface area contributed by atoms with E-state index in [-0.39, 0.29) is 32.7 Å². The molecule has 0 saturated heterocycles. The molecule has 1 radical (unpaired) electrons. The first kappa shape index (κ1) is 13.8. The SMILES string of the molecule is COP(=O)(OC)[C-](C)C.[Y]. The first-order valence-corrected chi connectivity index (χ1v) is 4.13. The van der Waals surface area contributed by atoms with E-state index < -0.39 is 7.60 Å². The van der Waals surface area contributed by atoms with Crippen LogP contribution in [-0.2, 0) is 46.3 Å². The van der Waals surface area contributed by atoms with E-state index >= 15 is 0 Å². The maximum Gasteiger partial charge on any atom is 0.189 e. The minimum Gasteiger partial charge on any atom is -0.334 e. The van der Waals surface area contributed by atoms with Crippen molar-refractivity contribution >= 4 is 7.60 Å². The van der Waals surface area contributed by atoms with Gasteiger partial charge in [-0.15, -0.1) is 0 Å². The molecule has 0 atom stereocenters. The maximum atomic E-state index is 11.2. The van der Waals surface area contributed by atoms with E-state index in [2.05, 4.69) is 9.05 Å². The molecule has 5 heteroatoms. The average molecular weight is 240 g/mol. The van der Waals surface area contributed by atoms with Gasteiger partial charge in [-0.2, -0.15) is 13.8 Å². The van der Waals surface area contributed by atoms with Gasteiger partial charge in [0.2, 0.25) is 0 Å². The Morgan fingerprint density at radius 2 is 1.50 bits per heavy atom. The van der Waals surface area contributed by atoms with E-state index in [0.717, 1.165) is 0 Å². The predicted octanol–water partition coefficient (Wildman–Crippen LogP) is 2.04. The van der Waals surface area contributed by atoms with Crippen LogP contribution in [0.5, 0.6) is 0 Å². The minimum absolute atomic E-state index is 0. The third-order valence-electron chi connectivity index (χ3n) is 1.03. The molecule has 0 N–H and O–H groups in total. The summed E-state index contributed by atoms with van der Waals surface area (Å²) in [5.41, 5.74) is 0.674. The van der Waals surface area contributed by atoms with Gasteiger partial charge in [0.05, 0.1) is 0 Å². The molecule has 0 amide bonds. The predicted molar refractivity (Wildman–Crippen MR) is 36.2 cm³/mol. The molecule has 10 heavy (non-hydrogen) atoms. The maximum absolute atomic E-state index is 11.2. The van der Waals surface area contributed by atoms with Crippen LogP contribution >= 0.6 is 7.60 Å². The summed E-state index contributed by atoms with van der Waals surface area (Å²) in [5, 5.41) is 0. The van der Waals surface area contributed by atoms with Crippen LogP contribution in [0.4, 0.5) is 0 Å². The summed E-state index contributed by atoms with van der Waals surface area (Å²) in [6.45, 7) is 3.43. The second-order valence-corrected chi connectivity index (χ2v) is 4.43. The Hall–Kier alpha value is 1.25. The molecular weight excluding hydrogens is 228 g/mol. The van der Waals surface area contributed by atoms with Crippen LogP contribution in [0, 0.1) is 5.66 Å². The Labute approximate surface area is 87.3 Å². The van der Waals surface area contributed by atoms with Crippen molar-refractivity contribution in [3.8, 4) is 0 Å². The summed E-state index contributed by atoms with van der Waals surface area (Å²) in [4.78, 5) is 0. The van der Waals surface area contributed by atoms with E-state index in [1.165, 1.54) is 14.2 Å². The first-order chi connectivity index (χ1) is 4.06. The zero-order chi connectivity index (χ0) is 7.49. The Bertz CT molecular complexity index is 118. The zero-order valence-corrected chi connectivity index (χ0v) is 10.5. The standard InChI is InChI=1S/C5H12O3P.Y/c1-5(2)9(6,7-3)8-4;/h1-4H3;/q-1;. The van der Waals surface area contributed by atoms with Crippen LogP contribution in [0.25, 0.3) is 0 Å². The quantitative estimate of drug-likeness (QED) is 0.559. The molecule has 0 unspecified atom stereocenters. The van der Waals surface area contributed by atoms with Gasteiger partial charge >= 0.3 is 0 Å². The van der Waals surface area contributed by atoms with Crippen molar-refractivity contribution < 1.29 is 46.3 Å².